The number of nitrogens with zero attached hydrogens (tertiary/aromatic N) is 4. The molecule has 0 saturated heterocycles. The van der Waals surface area contributed by atoms with Crippen LogP contribution >= 0.6 is 0 Å². The second kappa shape index (κ2) is 7.74. The summed E-state index contributed by atoms with van der Waals surface area (Å²) < 4.78 is 1.77. The molecule has 2 aromatic carbocycles. The van der Waals surface area contributed by atoms with Gasteiger partial charge in [-0.1, -0.05) is 55.5 Å². The minimum Gasteiger partial charge on any atom is -0.336 e. The normalized spacial score (nSPS) is 13.5. The maximum absolute atomic E-state index is 13.1. The van der Waals surface area contributed by atoms with E-state index in [9.17, 15) is 4.79 Å². The molecule has 0 spiro atoms. The maximum atomic E-state index is 13.1. The average molecular weight is 360 g/mol. The molecule has 1 aromatic heterocycles. The second-order valence-electron chi connectivity index (χ2n) is 7.07. The predicted octanol–water partition coefficient (Wildman–Crippen LogP) is 4.20. The molecule has 5 heteroatoms. The molecular formula is C22H24N4O. The topological polar surface area (TPSA) is 51.0 Å². The third-order valence-electron chi connectivity index (χ3n) is 4.79. The summed E-state index contributed by atoms with van der Waals surface area (Å²) in [5.74, 6) is 1.53. The van der Waals surface area contributed by atoms with E-state index in [2.05, 4.69) is 17.0 Å². The summed E-state index contributed by atoms with van der Waals surface area (Å²) in [5, 5.41) is 4.60. The first-order valence-electron chi connectivity index (χ1n) is 9.63. The Morgan fingerprint density at radius 3 is 2.37 bits per heavy atom. The third kappa shape index (κ3) is 3.92. The molecule has 0 unspecified atom stereocenters. The van der Waals surface area contributed by atoms with Crippen molar-refractivity contribution in [2.24, 2.45) is 5.92 Å². The van der Waals surface area contributed by atoms with Crippen molar-refractivity contribution in [3.8, 4) is 17.1 Å². The van der Waals surface area contributed by atoms with E-state index in [4.69, 9.17) is 0 Å². The van der Waals surface area contributed by atoms with Crippen molar-refractivity contribution >= 4 is 5.91 Å². The van der Waals surface area contributed by atoms with Gasteiger partial charge in [-0.25, -0.2) is 9.67 Å². The summed E-state index contributed by atoms with van der Waals surface area (Å²) in [6, 6.07) is 19.7. The molecule has 3 aromatic rings. The molecule has 1 aliphatic carbocycles. The SMILES string of the molecule is CCCN(CC1CC1)C(=O)c1nc(-c2ccccc2)n(-c2ccccc2)n1. The van der Waals surface area contributed by atoms with Crippen molar-refractivity contribution in [1.82, 2.24) is 19.7 Å². The highest BCUT2D eigenvalue weighted by molar-refractivity contribution is 5.91. The number of hydrogen-bond acceptors (Lipinski definition) is 3. The van der Waals surface area contributed by atoms with E-state index in [0.29, 0.717) is 11.7 Å². The lowest BCUT2D eigenvalue weighted by Crippen LogP contribution is -2.34. The van der Waals surface area contributed by atoms with Crippen LogP contribution in [0.2, 0.25) is 0 Å². The first-order valence-corrected chi connectivity index (χ1v) is 9.63. The Morgan fingerprint density at radius 1 is 1.07 bits per heavy atom. The van der Waals surface area contributed by atoms with Gasteiger partial charge in [0.2, 0.25) is 5.82 Å². The van der Waals surface area contributed by atoms with Gasteiger partial charge in [-0.2, -0.15) is 0 Å². The lowest BCUT2D eigenvalue weighted by atomic mass is 10.2. The highest BCUT2D eigenvalue weighted by Gasteiger charge is 2.29. The van der Waals surface area contributed by atoms with Crippen molar-refractivity contribution in [3.05, 3.63) is 66.5 Å². The monoisotopic (exact) mass is 360 g/mol. The molecule has 0 aliphatic heterocycles. The number of carbonyl (C=O) groups excluding carboxylic acids is 1. The molecule has 5 nitrogen and oxygen atoms in total. The van der Waals surface area contributed by atoms with Gasteiger partial charge in [0.05, 0.1) is 5.69 Å². The number of para-hydroxylation sites is 1. The van der Waals surface area contributed by atoms with Gasteiger partial charge in [0.1, 0.15) is 0 Å². The number of rotatable bonds is 7. The van der Waals surface area contributed by atoms with E-state index < -0.39 is 0 Å². The fourth-order valence-electron chi connectivity index (χ4n) is 3.23. The Morgan fingerprint density at radius 2 is 1.74 bits per heavy atom. The van der Waals surface area contributed by atoms with Crippen LogP contribution in [-0.2, 0) is 0 Å². The molecule has 0 N–H and O–H groups in total. The van der Waals surface area contributed by atoms with Crippen molar-refractivity contribution in [1.29, 1.82) is 0 Å². The van der Waals surface area contributed by atoms with Crippen molar-refractivity contribution < 1.29 is 4.79 Å². The Bertz CT molecular complexity index is 844. The number of carbonyl (C=O) groups is 1. The zero-order chi connectivity index (χ0) is 18.6. The zero-order valence-corrected chi connectivity index (χ0v) is 15.6. The van der Waals surface area contributed by atoms with E-state index in [-0.39, 0.29) is 11.7 Å². The fraction of sp³-hybridized carbons (Fsp3) is 0.318. The summed E-state index contributed by atoms with van der Waals surface area (Å²) in [5.41, 5.74) is 1.84. The molecule has 1 saturated carbocycles. The van der Waals surface area contributed by atoms with Gasteiger partial charge in [-0.3, -0.25) is 4.79 Å². The molecule has 4 rings (SSSR count). The standard InChI is InChI=1S/C22H24N4O/c1-2-15-25(16-17-13-14-17)22(27)20-23-21(18-9-5-3-6-10-18)26(24-20)19-11-7-4-8-12-19/h3-12,17H,2,13-16H2,1H3. The van der Waals surface area contributed by atoms with Crippen LogP contribution in [0.15, 0.2) is 60.7 Å². The van der Waals surface area contributed by atoms with Crippen LogP contribution in [0.3, 0.4) is 0 Å². The second-order valence-corrected chi connectivity index (χ2v) is 7.07. The van der Waals surface area contributed by atoms with Crippen LogP contribution in [0.1, 0.15) is 36.8 Å². The molecule has 1 fully saturated rings. The highest BCUT2D eigenvalue weighted by Crippen LogP contribution is 2.30. The van der Waals surface area contributed by atoms with Crippen molar-refractivity contribution in [3.63, 3.8) is 0 Å². The largest absolute Gasteiger partial charge is 0.336 e. The van der Waals surface area contributed by atoms with Crippen LogP contribution in [0.4, 0.5) is 0 Å². The van der Waals surface area contributed by atoms with E-state index >= 15 is 0 Å². The minimum absolute atomic E-state index is 0.0735. The Kier molecular flexibility index (Phi) is 5.01. The maximum Gasteiger partial charge on any atom is 0.293 e. The minimum atomic E-state index is -0.0735. The Balaban J connectivity index is 1.73. The van der Waals surface area contributed by atoms with Crippen LogP contribution in [0.5, 0.6) is 0 Å². The van der Waals surface area contributed by atoms with Gasteiger partial charge in [0.15, 0.2) is 5.82 Å². The van der Waals surface area contributed by atoms with E-state index in [1.165, 1.54) is 12.8 Å². The lowest BCUT2D eigenvalue weighted by Gasteiger charge is -2.20. The predicted molar refractivity (Wildman–Crippen MR) is 106 cm³/mol. The van der Waals surface area contributed by atoms with E-state index in [1.807, 2.05) is 65.6 Å². The number of aromatic nitrogens is 3. The Labute approximate surface area is 159 Å². The summed E-state index contributed by atoms with van der Waals surface area (Å²) in [6.45, 7) is 3.65. The van der Waals surface area contributed by atoms with Crippen molar-refractivity contribution in [2.75, 3.05) is 13.1 Å². The van der Waals surface area contributed by atoms with Crippen LogP contribution < -0.4 is 0 Å². The molecule has 0 radical (unpaired) electrons. The highest BCUT2D eigenvalue weighted by atomic mass is 16.2. The van der Waals surface area contributed by atoms with Gasteiger partial charge < -0.3 is 4.90 Å². The molecule has 1 aliphatic rings. The molecule has 1 amide bonds. The smallest absolute Gasteiger partial charge is 0.293 e. The zero-order valence-electron chi connectivity index (χ0n) is 15.6. The van der Waals surface area contributed by atoms with Gasteiger partial charge in [0.25, 0.3) is 5.91 Å². The molecule has 27 heavy (non-hydrogen) atoms. The van der Waals surface area contributed by atoms with Gasteiger partial charge >= 0.3 is 0 Å². The summed E-state index contributed by atoms with van der Waals surface area (Å²) in [7, 11) is 0. The molecule has 138 valence electrons. The molecular weight excluding hydrogens is 336 g/mol. The summed E-state index contributed by atoms with van der Waals surface area (Å²) in [4.78, 5) is 19.7. The number of benzene rings is 2. The molecule has 0 atom stereocenters. The van der Waals surface area contributed by atoms with Gasteiger partial charge in [-0.05, 0) is 37.3 Å². The lowest BCUT2D eigenvalue weighted by molar-refractivity contribution is 0.0735. The van der Waals surface area contributed by atoms with Crippen molar-refractivity contribution in [2.45, 2.75) is 26.2 Å². The summed E-state index contributed by atoms with van der Waals surface area (Å²) in [6.07, 6.45) is 3.37. The van der Waals surface area contributed by atoms with E-state index in [1.54, 1.807) is 4.68 Å². The molecule has 0 bridgehead atoms. The van der Waals surface area contributed by atoms with Crippen LogP contribution in [0.25, 0.3) is 17.1 Å². The van der Waals surface area contributed by atoms with Gasteiger partial charge in [0, 0.05) is 18.7 Å². The molecule has 1 heterocycles. The van der Waals surface area contributed by atoms with Crippen LogP contribution in [-0.4, -0.2) is 38.7 Å². The van der Waals surface area contributed by atoms with Crippen LogP contribution in [0, 0.1) is 5.92 Å². The van der Waals surface area contributed by atoms with Gasteiger partial charge in [-0.15, -0.1) is 5.10 Å². The van der Waals surface area contributed by atoms with E-state index in [0.717, 1.165) is 30.8 Å². The first-order chi connectivity index (χ1) is 13.3. The fourth-order valence-corrected chi connectivity index (χ4v) is 3.23. The number of amides is 1. The quantitative estimate of drug-likeness (QED) is 0.635. The Hall–Kier alpha value is -2.95. The first kappa shape index (κ1) is 17.5. The average Bonchev–Trinajstić information content (AvgIpc) is 3.43. The summed E-state index contributed by atoms with van der Waals surface area (Å²) >= 11 is 0. The third-order valence-corrected chi connectivity index (χ3v) is 4.79. The number of hydrogen-bond donors (Lipinski definition) is 0.